The number of primary amides is 1. The topological polar surface area (TPSA) is 185 Å². The van der Waals surface area contributed by atoms with E-state index >= 15 is 0 Å². The van der Waals surface area contributed by atoms with Crippen molar-refractivity contribution in [1.82, 2.24) is 15.5 Å². The van der Waals surface area contributed by atoms with Gasteiger partial charge in [0.25, 0.3) is 0 Å². The first-order chi connectivity index (χ1) is 16.1. The molecule has 0 aliphatic carbocycles. The van der Waals surface area contributed by atoms with Crippen LogP contribution in [-0.4, -0.2) is 76.1 Å². The number of hydrogen-bond acceptors (Lipinski definition) is 7. The standard InChI is InChI=1S/C22H31N5O6S/c23-14(11-13-5-2-1-3-6-13)19(29)26-16(12-34)21(31)27-10-4-7-17(27)20(30)25-15(22(32)33)8-9-18(24)28/h1-3,5-6,14-17,34H,4,7-12,23H2,(H2,24,28)(H,25,30)(H,26,29)(H,32,33). The SMILES string of the molecule is NC(=O)CCC(NC(=O)C1CCCN1C(=O)C(CS)NC(=O)C(N)Cc1ccccc1)C(=O)O. The number of nitrogens with one attached hydrogen (secondary N) is 2. The highest BCUT2D eigenvalue weighted by Crippen LogP contribution is 2.19. The molecule has 0 saturated carbocycles. The lowest BCUT2D eigenvalue weighted by atomic mass is 10.1. The van der Waals surface area contributed by atoms with Gasteiger partial charge in [-0.1, -0.05) is 30.3 Å². The Kier molecular flexibility index (Phi) is 10.3. The molecule has 11 nitrogen and oxygen atoms in total. The molecule has 0 bridgehead atoms. The second kappa shape index (κ2) is 12.9. The molecule has 1 heterocycles. The minimum absolute atomic E-state index is 0.0101. The molecule has 0 radical (unpaired) electrons. The number of aliphatic carboxylic acids is 1. The number of thiol groups is 1. The minimum atomic E-state index is -1.31. The summed E-state index contributed by atoms with van der Waals surface area (Å²) in [6, 6.07) is 5.11. The minimum Gasteiger partial charge on any atom is -0.480 e. The van der Waals surface area contributed by atoms with Crippen LogP contribution in [0.1, 0.15) is 31.2 Å². The van der Waals surface area contributed by atoms with Crippen molar-refractivity contribution in [2.45, 2.75) is 56.3 Å². The zero-order valence-corrected chi connectivity index (χ0v) is 19.6. The average Bonchev–Trinajstić information content (AvgIpc) is 3.29. The van der Waals surface area contributed by atoms with E-state index in [0.29, 0.717) is 12.8 Å². The first-order valence-corrected chi connectivity index (χ1v) is 11.6. The van der Waals surface area contributed by atoms with Crippen LogP contribution >= 0.6 is 12.6 Å². The first-order valence-electron chi connectivity index (χ1n) is 11.0. The number of benzene rings is 1. The first kappa shape index (κ1) is 27.1. The maximum Gasteiger partial charge on any atom is 0.326 e. The molecule has 1 aliphatic rings. The van der Waals surface area contributed by atoms with Crippen LogP contribution in [0, 0.1) is 0 Å². The molecular weight excluding hydrogens is 462 g/mol. The van der Waals surface area contributed by atoms with Crippen molar-refractivity contribution in [3.8, 4) is 0 Å². The van der Waals surface area contributed by atoms with Crippen LogP contribution in [0.2, 0.25) is 0 Å². The lowest BCUT2D eigenvalue weighted by molar-refractivity contribution is -0.145. The molecular formula is C22H31N5O6S. The second-order valence-corrected chi connectivity index (χ2v) is 8.50. The molecule has 2 rings (SSSR count). The van der Waals surface area contributed by atoms with Crippen molar-refractivity contribution in [2.24, 2.45) is 11.5 Å². The summed E-state index contributed by atoms with van der Waals surface area (Å²) in [5.74, 6) is -3.67. The Hall–Kier alpha value is -3.12. The van der Waals surface area contributed by atoms with Gasteiger partial charge in [0.05, 0.1) is 6.04 Å². The number of rotatable bonds is 12. The number of carbonyl (C=O) groups is 5. The Bertz CT molecular complexity index is 899. The summed E-state index contributed by atoms with van der Waals surface area (Å²) < 4.78 is 0. The predicted molar refractivity (Wildman–Crippen MR) is 127 cm³/mol. The largest absolute Gasteiger partial charge is 0.480 e. The monoisotopic (exact) mass is 493 g/mol. The molecule has 1 saturated heterocycles. The fraction of sp³-hybridized carbons (Fsp3) is 0.500. The van der Waals surface area contributed by atoms with Crippen LogP contribution in [0.25, 0.3) is 0 Å². The smallest absolute Gasteiger partial charge is 0.326 e. The molecule has 186 valence electrons. The fourth-order valence-electron chi connectivity index (χ4n) is 3.74. The van der Waals surface area contributed by atoms with Crippen LogP contribution in [-0.2, 0) is 30.4 Å². The van der Waals surface area contributed by atoms with Crippen LogP contribution in [0.3, 0.4) is 0 Å². The van der Waals surface area contributed by atoms with E-state index in [4.69, 9.17) is 11.5 Å². The van der Waals surface area contributed by atoms with E-state index in [0.717, 1.165) is 5.56 Å². The van der Waals surface area contributed by atoms with Gasteiger partial charge in [-0.2, -0.15) is 12.6 Å². The zero-order chi connectivity index (χ0) is 25.3. The van der Waals surface area contributed by atoms with Crippen molar-refractivity contribution >= 4 is 42.2 Å². The number of carboxylic acids is 1. The molecule has 1 aliphatic heterocycles. The number of nitrogens with zero attached hydrogens (tertiary/aromatic N) is 1. The summed E-state index contributed by atoms with van der Waals surface area (Å²) in [4.78, 5) is 62.1. The number of carboxylic acid groups (broad SMARTS) is 1. The van der Waals surface area contributed by atoms with Gasteiger partial charge in [-0.05, 0) is 31.2 Å². The molecule has 0 spiro atoms. The van der Waals surface area contributed by atoms with E-state index in [2.05, 4.69) is 23.3 Å². The lowest BCUT2D eigenvalue weighted by Crippen LogP contribution is -2.57. The molecule has 0 aromatic heterocycles. The third kappa shape index (κ3) is 7.73. The molecule has 1 aromatic carbocycles. The van der Waals surface area contributed by atoms with E-state index in [1.54, 1.807) is 0 Å². The second-order valence-electron chi connectivity index (χ2n) is 8.13. The number of likely N-dealkylation sites (tertiary alicyclic amines) is 1. The van der Waals surface area contributed by atoms with E-state index in [-0.39, 0.29) is 31.6 Å². The van der Waals surface area contributed by atoms with Gasteiger partial charge in [0.15, 0.2) is 0 Å². The maximum absolute atomic E-state index is 13.1. The summed E-state index contributed by atoms with van der Waals surface area (Å²) in [5.41, 5.74) is 11.9. The maximum atomic E-state index is 13.1. The van der Waals surface area contributed by atoms with Gasteiger partial charge in [0.1, 0.15) is 18.1 Å². The van der Waals surface area contributed by atoms with Crippen molar-refractivity contribution in [1.29, 1.82) is 0 Å². The summed E-state index contributed by atoms with van der Waals surface area (Å²) in [5, 5.41) is 14.3. The van der Waals surface area contributed by atoms with E-state index in [9.17, 15) is 29.1 Å². The van der Waals surface area contributed by atoms with Gasteiger partial charge in [0.2, 0.25) is 23.6 Å². The predicted octanol–water partition coefficient (Wildman–Crippen LogP) is -1.20. The van der Waals surface area contributed by atoms with Gasteiger partial charge in [-0.15, -0.1) is 0 Å². The Morgan fingerprint density at radius 2 is 1.79 bits per heavy atom. The highest BCUT2D eigenvalue weighted by Gasteiger charge is 2.38. The van der Waals surface area contributed by atoms with Crippen LogP contribution in [0.5, 0.6) is 0 Å². The van der Waals surface area contributed by atoms with E-state index in [1.165, 1.54) is 4.90 Å². The van der Waals surface area contributed by atoms with Crippen LogP contribution in [0.15, 0.2) is 30.3 Å². The van der Waals surface area contributed by atoms with Crippen LogP contribution in [0.4, 0.5) is 0 Å². The summed E-state index contributed by atoms with van der Waals surface area (Å²) in [6.07, 6.45) is 0.786. The lowest BCUT2D eigenvalue weighted by Gasteiger charge is -2.29. The van der Waals surface area contributed by atoms with Gasteiger partial charge < -0.3 is 32.1 Å². The van der Waals surface area contributed by atoms with Crippen molar-refractivity contribution < 1.29 is 29.1 Å². The number of nitrogens with two attached hydrogens (primary N) is 2. The van der Waals surface area contributed by atoms with Gasteiger partial charge in [-0.25, -0.2) is 4.79 Å². The Balaban J connectivity index is 2.00. The Morgan fingerprint density at radius 3 is 2.38 bits per heavy atom. The Labute approximate surface area is 203 Å². The normalized spacial score (nSPS) is 17.9. The molecule has 34 heavy (non-hydrogen) atoms. The third-order valence-electron chi connectivity index (χ3n) is 5.56. The summed E-state index contributed by atoms with van der Waals surface area (Å²) in [6.45, 7) is 0.270. The molecule has 7 N–H and O–H groups in total. The molecule has 4 amide bonds. The number of amides is 4. The molecule has 1 aromatic rings. The zero-order valence-electron chi connectivity index (χ0n) is 18.7. The van der Waals surface area contributed by atoms with Gasteiger partial charge >= 0.3 is 5.97 Å². The molecule has 4 atom stereocenters. The molecule has 1 fully saturated rings. The third-order valence-corrected chi connectivity index (χ3v) is 5.93. The summed E-state index contributed by atoms with van der Waals surface area (Å²) in [7, 11) is 0. The quantitative estimate of drug-likeness (QED) is 0.197. The van der Waals surface area contributed by atoms with Crippen molar-refractivity contribution in [3.05, 3.63) is 35.9 Å². The Morgan fingerprint density at radius 1 is 1.12 bits per heavy atom. The highest BCUT2D eigenvalue weighted by atomic mass is 32.1. The summed E-state index contributed by atoms with van der Waals surface area (Å²) >= 11 is 4.18. The molecule has 4 unspecified atom stereocenters. The average molecular weight is 494 g/mol. The van der Waals surface area contributed by atoms with E-state index in [1.807, 2.05) is 30.3 Å². The van der Waals surface area contributed by atoms with E-state index < -0.39 is 53.8 Å². The highest BCUT2D eigenvalue weighted by molar-refractivity contribution is 7.80. The molecule has 12 heteroatoms. The van der Waals surface area contributed by atoms with Crippen molar-refractivity contribution in [3.63, 3.8) is 0 Å². The van der Waals surface area contributed by atoms with Crippen LogP contribution < -0.4 is 22.1 Å². The van der Waals surface area contributed by atoms with Crippen molar-refractivity contribution in [2.75, 3.05) is 12.3 Å². The number of carbonyl (C=O) groups excluding carboxylic acids is 4. The van der Waals surface area contributed by atoms with Gasteiger partial charge in [0, 0.05) is 18.7 Å². The van der Waals surface area contributed by atoms with Gasteiger partial charge in [-0.3, -0.25) is 19.2 Å². The fourth-order valence-corrected chi connectivity index (χ4v) is 3.99. The number of hydrogen-bond donors (Lipinski definition) is 6.